The van der Waals surface area contributed by atoms with Crippen LogP contribution < -0.4 is 15.3 Å². The van der Waals surface area contributed by atoms with Crippen LogP contribution in [0, 0.1) is 0 Å². The highest BCUT2D eigenvalue weighted by molar-refractivity contribution is 6.58. The number of imidazole rings is 1. The Kier molecular flexibility index (Phi) is 5.51. The number of halogens is 1. The van der Waals surface area contributed by atoms with Crippen LogP contribution in [-0.4, -0.2) is 57.9 Å². The van der Waals surface area contributed by atoms with Crippen molar-refractivity contribution in [2.45, 2.75) is 0 Å². The molecule has 0 radical (unpaired) electrons. The third-order valence-corrected chi connectivity index (χ3v) is 6.35. The zero-order valence-electron chi connectivity index (χ0n) is 17.7. The Morgan fingerprint density at radius 2 is 1.69 bits per heavy atom. The number of nitrogens with zero attached hydrogens (tertiary/aromatic N) is 5. The van der Waals surface area contributed by atoms with Gasteiger partial charge in [-0.3, -0.25) is 0 Å². The van der Waals surface area contributed by atoms with E-state index in [4.69, 9.17) is 16.6 Å². The van der Waals surface area contributed by atoms with Gasteiger partial charge in [0.1, 0.15) is 11.6 Å². The summed E-state index contributed by atoms with van der Waals surface area (Å²) in [5, 5.41) is 19.2. The number of rotatable bonds is 4. The Balaban J connectivity index is 1.36. The zero-order valence-corrected chi connectivity index (χ0v) is 18.4. The van der Waals surface area contributed by atoms with Crippen LogP contribution in [0.1, 0.15) is 0 Å². The van der Waals surface area contributed by atoms with Gasteiger partial charge in [-0.15, -0.1) is 0 Å². The molecule has 7 nitrogen and oxygen atoms in total. The van der Waals surface area contributed by atoms with Crippen molar-refractivity contribution >= 4 is 46.7 Å². The molecule has 2 N–H and O–H groups in total. The average molecular weight is 448 g/mol. The zero-order chi connectivity index (χ0) is 22.2. The SMILES string of the molecule is Cn1c(-c2cc(N3CCN(c4ccc(B(O)O)cn4)CC3)ccc2Cl)nc2ccccc21. The maximum Gasteiger partial charge on any atom is 0.490 e. The quantitative estimate of drug-likeness (QED) is 0.468. The molecule has 2 aromatic heterocycles. The van der Waals surface area contributed by atoms with Crippen molar-refractivity contribution in [3.63, 3.8) is 0 Å². The minimum Gasteiger partial charge on any atom is -0.423 e. The second kappa shape index (κ2) is 8.46. The summed E-state index contributed by atoms with van der Waals surface area (Å²) < 4.78 is 2.08. The molecule has 0 spiro atoms. The predicted octanol–water partition coefficient (Wildman–Crippen LogP) is 2.30. The highest BCUT2D eigenvalue weighted by atomic mass is 35.5. The molecule has 0 unspecified atom stereocenters. The molecule has 9 heteroatoms. The predicted molar refractivity (Wildman–Crippen MR) is 130 cm³/mol. The topological polar surface area (TPSA) is 77.7 Å². The third kappa shape index (κ3) is 3.81. The first-order valence-corrected chi connectivity index (χ1v) is 10.9. The molecular weight excluding hydrogens is 425 g/mol. The highest BCUT2D eigenvalue weighted by Gasteiger charge is 2.21. The Hall–Kier alpha value is -3.07. The molecule has 0 amide bonds. The number of para-hydroxylation sites is 2. The van der Waals surface area contributed by atoms with Crippen LogP contribution in [0.3, 0.4) is 0 Å². The standard InChI is InChI=1S/C23H23BClN5O2/c1-28-21-5-3-2-4-20(21)27-23(28)18-14-17(7-8-19(18)25)29-10-12-30(13-11-29)22-9-6-16(15-26-22)24(31)32/h2-9,14-15,31-32H,10-13H2,1H3. The van der Waals surface area contributed by atoms with Crippen LogP contribution in [0.4, 0.5) is 11.5 Å². The van der Waals surface area contributed by atoms with Crippen molar-refractivity contribution in [3.8, 4) is 11.4 Å². The lowest BCUT2D eigenvalue weighted by Crippen LogP contribution is -2.47. The number of anilines is 2. The smallest absolute Gasteiger partial charge is 0.423 e. The number of hydrogen-bond acceptors (Lipinski definition) is 6. The van der Waals surface area contributed by atoms with Crippen LogP contribution in [0.5, 0.6) is 0 Å². The average Bonchev–Trinajstić information content (AvgIpc) is 3.16. The number of hydrogen-bond donors (Lipinski definition) is 2. The number of fused-ring (bicyclic) bond motifs is 1. The summed E-state index contributed by atoms with van der Waals surface area (Å²) in [5.74, 6) is 1.69. The van der Waals surface area contributed by atoms with Crippen molar-refractivity contribution in [2.24, 2.45) is 7.05 Å². The Morgan fingerprint density at radius 1 is 0.938 bits per heavy atom. The lowest BCUT2D eigenvalue weighted by atomic mass is 9.82. The van der Waals surface area contributed by atoms with Gasteiger partial charge in [0.15, 0.2) is 0 Å². The molecule has 1 aliphatic rings. The van der Waals surface area contributed by atoms with Crippen LogP contribution in [0.2, 0.25) is 5.02 Å². The number of pyridine rings is 1. The summed E-state index contributed by atoms with van der Waals surface area (Å²) >= 11 is 6.58. The monoisotopic (exact) mass is 447 g/mol. The van der Waals surface area contributed by atoms with Crippen LogP contribution in [-0.2, 0) is 7.05 Å². The normalized spacial score (nSPS) is 14.2. The van der Waals surface area contributed by atoms with Crippen LogP contribution in [0.15, 0.2) is 60.8 Å². The third-order valence-electron chi connectivity index (χ3n) is 6.02. The largest absolute Gasteiger partial charge is 0.490 e. The summed E-state index contributed by atoms with van der Waals surface area (Å²) in [7, 11) is 0.518. The number of benzene rings is 2. The van der Waals surface area contributed by atoms with E-state index in [0.717, 1.165) is 60.1 Å². The van der Waals surface area contributed by atoms with Gasteiger partial charge in [0, 0.05) is 56.1 Å². The van der Waals surface area contributed by atoms with Crippen molar-refractivity contribution in [2.75, 3.05) is 36.0 Å². The van der Waals surface area contributed by atoms with Crippen molar-refractivity contribution in [1.29, 1.82) is 0 Å². The van der Waals surface area contributed by atoms with Gasteiger partial charge >= 0.3 is 7.12 Å². The van der Waals surface area contributed by atoms with Gasteiger partial charge in [-0.25, -0.2) is 9.97 Å². The molecule has 4 aromatic rings. The maximum atomic E-state index is 9.25. The summed E-state index contributed by atoms with van der Waals surface area (Å²) in [6.45, 7) is 3.32. The van der Waals surface area contributed by atoms with Gasteiger partial charge in [0.05, 0.1) is 16.1 Å². The number of aryl methyl sites for hydroxylation is 1. The fourth-order valence-corrected chi connectivity index (χ4v) is 4.40. The fraction of sp³-hybridized carbons (Fsp3) is 0.217. The molecule has 3 heterocycles. The van der Waals surface area contributed by atoms with Gasteiger partial charge in [-0.2, -0.15) is 0 Å². The maximum absolute atomic E-state index is 9.25. The molecular formula is C23H23BClN5O2. The van der Waals surface area contributed by atoms with Gasteiger partial charge in [-0.1, -0.05) is 29.8 Å². The van der Waals surface area contributed by atoms with E-state index in [-0.39, 0.29) is 0 Å². The van der Waals surface area contributed by atoms with Crippen molar-refractivity contribution < 1.29 is 10.0 Å². The van der Waals surface area contributed by atoms with Gasteiger partial charge in [0.2, 0.25) is 0 Å². The molecule has 0 atom stereocenters. The van der Waals surface area contributed by atoms with Crippen molar-refractivity contribution in [1.82, 2.24) is 14.5 Å². The first-order chi connectivity index (χ1) is 15.5. The molecule has 0 bridgehead atoms. The first-order valence-electron chi connectivity index (χ1n) is 10.5. The van der Waals surface area contributed by atoms with Gasteiger partial charge < -0.3 is 24.4 Å². The summed E-state index contributed by atoms with van der Waals surface area (Å²) in [6, 6.07) is 17.7. The Morgan fingerprint density at radius 3 is 2.38 bits per heavy atom. The molecule has 1 saturated heterocycles. The molecule has 1 fully saturated rings. The molecule has 0 saturated carbocycles. The lowest BCUT2D eigenvalue weighted by Gasteiger charge is -2.37. The second-order valence-electron chi connectivity index (χ2n) is 7.94. The molecule has 5 rings (SSSR count). The van der Waals surface area contributed by atoms with E-state index in [1.807, 2.05) is 37.4 Å². The fourth-order valence-electron chi connectivity index (χ4n) is 4.20. The van der Waals surface area contributed by atoms with E-state index < -0.39 is 7.12 Å². The van der Waals surface area contributed by atoms with Gasteiger partial charge in [-0.05, 0) is 36.4 Å². The highest BCUT2D eigenvalue weighted by Crippen LogP contribution is 2.33. The van der Waals surface area contributed by atoms with Gasteiger partial charge in [0.25, 0.3) is 0 Å². The number of piperazine rings is 1. The molecule has 32 heavy (non-hydrogen) atoms. The summed E-state index contributed by atoms with van der Waals surface area (Å²) in [4.78, 5) is 13.7. The summed E-state index contributed by atoms with van der Waals surface area (Å²) in [6.07, 6.45) is 1.51. The number of aromatic nitrogens is 3. The lowest BCUT2D eigenvalue weighted by molar-refractivity contribution is 0.425. The second-order valence-corrected chi connectivity index (χ2v) is 8.35. The van der Waals surface area contributed by atoms with E-state index >= 15 is 0 Å². The van der Waals surface area contributed by atoms with E-state index in [9.17, 15) is 10.0 Å². The molecule has 1 aliphatic heterocycles. The molecule has 162 valence electrons. The molecule has 2 aromatic carbocycles. The van der Waals surface area contributed by atoms with Crippen LogP contribution >= 0.6 is 11.6 Å². The Labute approximate surface area is 191 Å². The van der Waals surface area contributed by atoms with E-state index in [0.29, 0.717) is 10.5 Å². The molecule has 0 aliphatic carbocycles. The van der Waals surface area contributed by atoms with Crippen LogP contribution in [0.25, 0.3) is 22.4 Å². The minimum atomic E-state index is -1.50. The first kappa shape index (κ1) is 20.8. The Bertz CT molecular complexity index is 1250. The van der Waals surface area contributed by atoms with Crippen molar-refractivity contribution in [3.05, 3.63) is 65.8 Å². The minimum absolute atomic E-state index is 0.392. The van der Waals surface area contributed by atoms with E-state index in [1.54, 1.807) is 6.07 Å². The summed E-state index contributed by atoms with van der Waals surface area (Å²) in [5.41, 5.74) is 4.45. The van der Waals surface area contributed by atoms with E-state index in [2.05, 4.69) is 37.5 Å². The van der Waals surface area contributed by atoms with E-state index in [1.165, 1.54) is 6.20 Å².